The topological polar surface area (TPSA) is 105 Å². The number of phenolic OH excluding ortho intramolecular Hbond substituents is 1. The first kappa shape index (κ1) is 21.3. The molecule has 7 nitrogen and oxygen atoms in total. The fraction of sp³-hybridized carbons (Fsp3) is 0.591. The summed E-state index contributed by atoms with van der Waals surface area (Å²) in [4.78, 5) is 37.9. The smallest absolute Gasteiger partial charge is 0.251 e. The van der Waals surface area contributed by atoms with E-state index in [-0.39, 0.29) is 35.9 Å². The van der Waals surface area contributed by atoms with Crippen LogP contribution in [0.25, 0.3) is 0 Å². The predicted molar refractivity (Wildman–Crippen MR) is 108 cm³/mol. The number of hydrogen-bond acceptors (Lipinski definition) is 5. The number of aryl methyl sites for hydroxylation is 1. The van der Waals surface area contributed by atoms with Crippen LogP contribution in [0.4, 0.5) is 0 Å². The van der Waals surface area contributed by atoms with Crippen LogP contribution in [0.15, 0.2) is 18.2 Å². The van der Waals surface area contributed by atoms with E-state index in [1.54, 1.807) is 13.0 Å². The largest absolute Gasteiger partial charge is 0.508 e. The molecule has 3 rings (SSSR count). The third-order valence-electron chi connectivity index (χ3n) is 5.96. The van der Waals surface area contributed by atoms with Crippen LogP contribution in [0.1, 0.15) is 54.9 Å². The summed E-state index contributed by atoms with van der Waals surface area (Å²) in [5.41, 5.74) is 0.983. The summed E-state index contributed by atoms with van der Waals surface area (Å²) in [6, 6.07) is 3.31. The lowest BCUT2D eigenvalue weighted by atomic mass is 9.94. The second-order valence-corrected chi connectivity index (χ2v) is 8.36. The Morgan fingerprint density at radius 3 is 2.66 bits per heavy atom. The van der Waals surface area contributed by atoms with Crippen molar-refractivity contribution in [3.8, 4) is 5.75 Å². The SMILES string of the molecule is Cc1cc(C(=O)N[C@@H](CC2CCCC2)C(=O)NC2C(=O)COCC2C)ccc1O. The van der Waals surface area contributed by atoms with E-state index in [1.807, 2.05) is 6.92 Å². The standard InChI is InChI=1S/C22H30N2O5/c1-13-9-16(7-8-18(13)25)21(27)23-17(10-15-5-3-4-6-15)22(28)24-20-14(2)11-29-12-19(20)26/h7-9,14-15,17,20,25H,3-6,10-12H2,1-2H3,(H,23,27)(H,24,28)/t14?,17-,20?/m0/s1. The first-order valence-corrected chi connectivity index (χ1v) is 10.4. The molecule has 0 aromatic heterocycles. The summed E-state index contributed by atoms with van der Waals surface area (Å²) in [6.07, 6.45) is 4.93. The van der Waals surface area contributed by atoms with Gasteiger partial charge in [0, 0.05) is 11.5 Å². The zero-order valence-electron chi connectivity index (χ0n) is 17.1. The van der Waals surface area contributed by atoms with Crippen molar-refractivity contribution in [2.75, 3.05) is 13.2 Å². The zero-order valence-corrected chi connectivity index (χ0v) is 17.1. The summed E-state index contributed by atoms with van der Waals surface area (Å²) >= 11 is 0. The van der Waals surface area contributed by atoms with Crippen molar-refractivity contribution in [2.24, 2.45) is 11.8 Å². The van der Waals surface area contributed by atoms with E-state index >= 15 is 0 Å². The van der Waals surface area contributed by atoms with E-state index in [9.17, 15) is 19.5 Å². The molecule has 1 heterocycles. The molecule has 3 atom stereocenters. The molecule has 29 heavy (non-hydrogen) atoms. The number of ketones is 1. The van der Waals surface area contributed by atoms with Gasteiger partial charge in [-0.25, -0.2) is 0 Å². The number of nitrogens with one attached hydrogen (secondary N) is 2. The van der Waals surface area contributed by atoms with Crippen LogP contribution >= 0.6 is 0 Å². The van der Waals surface area contributed by atoms with Crippen molar-refractivity contribution in [2.45, 2.75) is 58.0 Å². The van der Waals surface area contributed by atoms with Crippen molar-refractivity contribution >= 4 is 17.6 Å². The number of phenols is 1. The molecule has 0 bridgehead atoms. The fourth-order valence-electron chi connectivity index (χ4n) is 4.17. The molecule has 3 N–H and O–H groups in total. The van der Waals surface area contributed by atoms with E-state index < -0.39 is 12.1 Å². The van der Waals surface area contributed by atoms with Gasteiger partial charge < -0.3 is 20.5 Å². The number of ether oxygens (including phenoxy) is 1. The predicted octanol–water partition coefficient (Wildman–Crippen LogP) is 2.10. The third-order valence-corrected chi connectivity index (χ3v) is 5.96. The Balaban J connectivity index is 1.72. The lowest BCUT2D eigenvalue weighted by Crippen LogP contribution is -2.56. The molecule has 0 spiro atoms. The normalized spacial score (nSPS) is 23.6. The zero-order chi connectivity index (χ0) is 21.0. The maximum atomic E-state index is 13.0. The van der Waals surface area contributed by atoms with Crippen molar-refractivity contribution in [1.82, 2.24) is 10.6 Å². The first-order chi connectivity index (χ1) is 13.8. The van der Waals surface area contributed by atoms with Crippen molar-refractivity contribution < 1.29 is 24.2 Å². The summed E-state index contributed by atoms with van der Waals surface area (Å²) in [5.74, 6) is -0.435. The highest BCUT2D eigenvalue weighted by molar-refractivity contribution is 5.99. The summed E-state index contributed by atoms with van der Waals surface area (Å²) in [7, 11) is 0. The Labute approximate surface area is 171 Å². The molecule has 2 fully saturated rings. The molecular formula is C22H30N2O5. The van der Waals surface area contributed by atoms with Gasteiger partial charge in [0.25, 0.3) is 5.91 Å². The number of rotatable bonds is 6. The van der Waals surface area contributed by atoms with Gasteiger partial charge in [0.15, 0.2) is 5.78 Å². The first-order valence-electron chi connectivity index (χ1n) is 10.4. The maximum Gasteiger partial charge on any atom is 0.251 e. The molecule has 1 aromatic carbocycles. The average molecular weight is 402 g/mol. The number of amides is 2. The molecule has 7 heteroatoms. The molecule has 2 unspecified atom stereocenters. The van der Waals surface area contributed by atoms with Gasteiger partial charge in [-0.2, -0.15) is 0 Å². The Kier molecular flexibility index (Phi) is 6.90. The van der Waals surface area contributed by atoms with Gasteiger partial charge in [-0.3, -0.25) is 14.4 Å². The Bertz CT molecular complexity index is 772. The molecule has 1 saturated carbocycles. The minimum absolute atomic E-state index is 0.00171. The second-order valence-electron chi connectivity index (χ2n) is 8.36. The van der Waals surface area contributed by atoms with Gasteiger partial charge in [0.05, 0.1) is 12.6 Å². The number of carbonyl (C=O) groups is 3. The Morgan fingerprint density at radius 1 is 1.28 bits per heavy atom. The van der Waals surface area contributed by atoms with Crippen molar-refractivity contribution in [3.63, 3.8) is 0 Å². The van der Waals surface area contributed by atoms with Crippen molar-refractivity contribution in [1.29, 1.82) is 0 Å². The lowest BCUT2D eigenvalue weighted by Gasteiger charge is -2.30. The van der Waals surface area contributed by atoms with Crippen molar-refractivity contribution in [3.05, 3.63) is 29.3 Å². The molecule has 1 aromatic rings. The highest BCUT2D eigenvalue weighted by Crippen LogP contribution is 2.29. The van der Waals surface area contributed by atoms with E-state index in [1.165, 1.54) is 12.1 Å². The van der Waals surface area contributed by atoms with E-state index in [2.05, 4.69) is 10.6 Å². The monoisotopic (exact) mass is 402 g/mol. The molecule has 158 valence electrons. The quantitative estimate of drug-likeness (QED) is 0.676. The van der Waals surface area contributed by atoms with Crippen LogP contribution < -0.4 is 10.6 Å². The Morgan fingerprint density at radius 2 is 2.00 bits per heavy atom. The van der Waals surface area contributed by atoms with Gasteiger partial charge >= 0.3 is 0 Å². The van der Waals surface area contributed by atoms with E-state index in [0.717, 1.165) is 25.7 Å². The summed E-state index contributed by atoms with van der Waals surface area (Å²) < 4.78 is 5.23. The number of benzene rings is 1. The molecule has 1 saturated heterocycles. The maximum absolute atomic E-state index is 13.0. The third kappa shape index (κ3) is 5.35. The van der Waals surface area contributed by atoms with Gasteiger partial charge in [0.1, 0.15) is 18.4 Å². The van der Waals surface area contributed by atoms with Gasteiger partial charge in [-0.1, -0.05) is 32.6 Å². The van der Waals surface area contributed by atoms with Crippen LogP contribution in [-0.2, 0) is 14.3 Å². The van der Waals surface area contributed by atoms with E-state index in [0.29, 0.717) is 30.1 Å². The molecule has 2 amide bonds. The molecule has 1 aliphatic carbocycles. The van der Waals surface area contributed by atoms with Gasteiger partial charge in [-0.05, 0) is 43.0 Å². The molecule has 0 radical (unpaired) electrons. The van der Waals surface area contributed by atoms with E-state index in [4.69, 9.17) is 4.74 Å². The lowest BCUT2D eigenvalue weighted by molar-refractivity contribution is -0.137. The Hall–Kier alpha value is -2.41. The van der Waals surface area contributed by atoms with Crippen LogP contribution in [0.3, 0.4) is 0 Å². The number of carbonyl (C=O) groups excluding carboxylic acids is 3. The molecule has 1 aliphatic heterocycles. The minimum atomic E-state index is -0.706. The van der Waals surface area contributed by atoms with Gasteiger partial charge in [0.2, 0.25) is 5.91 Å². The second kappa shape index (κ2) is 9.39. The van der Waals surface area contributed by atoms with Gasteiger partial charge in [-0.15, -0.1) is 0 Å². The molecular weight excluding hydrogens is 372 g/mol. The molecule has 2 aliphatic rings. The van der Waals surface area contributed by atoms with Crippen LogP contribution in [0.5, 0.6) is 5.75 Å². The number of hydrogen-bond donors (Lipinski definition) is 3. The fourth-order valence-corrected chi connectivity index (χ4v) is 4.17. The number of aromatic hydroxyl groups is 1. The average Bonchev–Trinajstić information content (AvgIpc) is 3.19. The highest BCUT2D eigenvalue weighted by Gasteiger charge is 2.34. The minimum Gasteiger partial charge on any atom is -0.508 e. The highest BCUT2D eigenvalue weighted by atomic mass is 16.5. The van der Waals surface area contributed by atoms with Crippen LogP contribution in [0, 0.1) is 18.8 Å². The summed E-state index contributed by atoms with van der Waals surface area (Å²) in [6.45, 7) is 4.00. The van der Waals surface area contributed by atoms with Crippen LogP contribution in [-0.4, -0.2) is 48.0 Å². The summed E-state index contributed by atoms with van der Waals surface area (Å²) in [5, 5.41) is 15.4. The van der Waals surface area contributed by atoms with Crippen LogP contribution in [0.2, 0.25) is 0 Å². The number of Topliss-reactive ketones (excluding diaryl/α,β-unsaturated/α-hetero) is 1.